The molecule has 1 aromatic carbocycles. The SMILES string of the molecule is CCCC(NCc1cc(OC)c(OC)cc1C)C(=O)O. The number of carbonyl (C=O) groups is 1. The minimum absolute atomic E-state index is 0.489. The molecule has 2 N–H and O–H groups in total. The van der Waals surface area contributed by atoms with Gasteiger partial charge in [0.05, 0.1) is 14.2 Å². The van der Waals surface area contributed by atoms with Crippen molar-refractivity contribution in [1.82, 2.24) is 5.32 Å². The second kappa shape index (κ2) is 7.75. The van der Waals surface area contributed by atoms with Gasteiger partial charge in [0.25, 0.3) is 0 Å². The third kappa shape index (κ3) is 4.13. The molecule has 0 radical (unpaired) electrons. The van der Waals surface area contributed by atoms with Crippen molar-refractivity contribution in [3.63, 3.8) is 0 Å². The molecule has 0 saturated carbocycles. The Hall–Kier alpha value is -1.75. The fraction of sp³-hybridized carbons (Fsp3) is 0.533. The fourth-order valence-corrected chi connectivity index (χ4v) is 2.05. The highest BCUT2D eigenvalue weighted by atomic mass is 16.5. The highest BCUT2D eigenvalue weighted by molar-refractivity contribution is 5.73. The average molecular weight is 281 g/mol. The Morgan fingerprint density at radius 2 is 1.90 bits per heavy atom. The summed E-state index contributed by atoms with van der Waals surface area (Å²) in [6.07, 6.45) is 1.44. The summed E-state index contributed by atoms with van der Waals surface area (Å²) in [6.45, 7) is 4.43. The lowest BCUT2D eigenvalue weighted by Crippen LogP contribution is -2.36. The van der Waals surface area contributed by atoms with Crippen molar-refractivity contribution in [3.8, 4) is 11.5 Å². The van der Waals surface area contributed by atoms with E-state index in [1.165, 1.54) is 0 Å². The largest absolute Gasteiger partial charge is 0.493 e. The van der Waals surface area contributed by atoms with Crippen molar-refractivity contribution in [2.24, 2.45) is 0 Å². The smallest absolute Gasteiger partial charge is 0.320 e. The van der Waals surface area contributed by atoms with Crippen molar-refractivity contribution >= 4 is 5.97 Å². The van der Waals surface area contributed by atoms with Crippen LogP contribution in [0, 0.1) is 6.92 Å². The molecule has 112 valence electrons. The van der Waals surface area contributed by atoms with Gasteiger partial charge in [0.2, 0.25) is 0 Å². The Labute approximate surface area is 119 Å². The molecule has 0 fully saturated rings. The van der Waals surface area contributed by atoms with Crippen LogP contribution < -0.4 is 14.8 Å². The number of aliphatic carboxylic acids is 1. The van der Waals surface area contributed by atoms with Crippen molar-refractivity contribution in [2.75, 3.05) is 14.2 Å². The van der Waals surface area contributed by atoms with Crippen LogP contribution in [0.3, 0.4) is 0 Å². The zero-order chi connectivity index (χ0) is 15.1. The molecule has 1 unspecified atom stereocenters. The topological polar surface area (TPSA) is 67.8 Å². The lowest BCUT2D eigenvalue weighted by molar-refractivity contribution is -0.139. The van der Waals surface area contributed by atoms with Crippen molar-refractivity contribution in [2.45, 2.75) is 39.3 Å². The van der Waals surface area contributed by atoms with E-state index in [9.17, 15) is 4.79 Å². The molecule has 0 aliphatic rings. The molecule has 0 saturated heterocycles. The number of ether oxygens (including phenoxy) is 2. The van der Waals surface area contributed by atoms with E-state index in [1.807, 2.05) is 26.0 Å². The number of hydrogen-bond acceptors (Lipinski definition) is 4. The molecule has 0 bridgehead atoms. The quantitative estimate of drug-likeness (QED) is 0.765. The van der Waals surface area contributed by atoms with Gasteiger partial charge in [-0.05, 0) is 36.6 Å². The summed E-state index contributed by atoms with van der Waals surface area (Å²) in [4.78, 5) is 11.1. The summed E-state index contributed by atoms with van der Waals surface area (Å²) in [6, 6.07) is 3.25. The summed E-state index contributed by atoms with van der Waals surface area (Å²) in [5, 5.41) is 12.2. The van der Waals surface area contributed by atoms with Gasteiger partial charge in [-0.1, -0.05) is 13.3 Å². The van der Waals surface area contributed by atoms with Gasteiger partial charge in [-0.3, -0.25) is 4.79 Å². The number of carboxylic acid groups (broad SMARTS) is 1. The summed E-state index contributed by atoms with van der Waals surface area (Å²) >= 11 is 0. The van der Waals surface area contributed by atoms with E-state index in [0.29, 0.717) is 24.5 Å². The van der Waals surface area contributed by atoms with Gasteiger partial charge >= 0.3 is 5.97 Å². The maximum absolute atomic E-state index is 11.1. The van der Waals surface area contributed by atoms with Crippen LogP contribution in [-0.2, 0) is 11.3 Å². The van der Waals surface area contributed by atoms with Gasteiger partial charge < -0.3 is 19.9 Å². The molecule has 0 spiro atoms. The molecule has 0 amide bonds. The van der Waals surface area contributed by atoms with Gasteiger partial charge in [-0.2, -0.15) is 0 Å². The molecule has 5 nitrogen and oxygen atoms in total. The second-order valence-corrected chi connectivity index (χ2v) is 4.69. The molecular formula is C15H23NO4. The summed E-state index contributed by atoms with van der Waals surface area (Å²) in [5.74, 6) is 0.513. The highest BCUT2D eigenvalue weighted by Gasteiger charge is 2.16. The van der Waals surface area contributed by atoms with Crippen LogP contribution in [0.25, 0.3) is 0 Å². The van der Waals surface area contributed by atoms with Crippen LogP contribution in [0.4, 0.5) is 0 Å². The Morgan fingerprint density at radius 3 is 2.40 bits per heavy atom. The first-order valence-corrected chi connectivity index (χ1v) is 6.71. The third-order valence-corrected chi connectivity index (χ3v) is 3.26. The number of carboxylic acids is 1. The Bertz CT molecular complexity index is 459. The summed E-state index contributed by atoms with van der Waals surface area (Å²) < 4.78 is 10.5. The van der Waals surface area contributed by atoms with Crippen molar-refractivity contribution in [1.29, 1.82) is 0 Å². The van der Waals surface area contributed by atoms with Crippen LogP contribution in [0.5, 0.6) is 11.5 Å². The molecule has 1 rings (SSSR count). The molecular weight excluding hydrogens is 258 g/mol. The fourth-order valence-electron chi connectivity index (χ4n) is 2.05. The number of methoxy groups -OCH3 is 2. The molecule has 20 heavy (non-hydrogen) atoms. The van der Waals surface area contributed by atoms with Crippen molar-refractivity contribution < 1.29 is 19.4 Å². The number of benzene rings is 1. The van der Waals surface area contributed by atoms with E-state index in [1.54, 1.807) is 14.2 Å². The minimum atomic E-state index is -0.815. The highest BCUT2D eigenvalue weighted by Crippen LogP contribution is 2.30. The zero-order valence-electron chi connectivity index (χ0n) is 12.5. The van der Waals surface area contributed by atoms with Crippen molar-refractivity contribution in [3.05, 3.63) is 23.3 Å². The van der Waals surface area contributed by atoms with Crippen LogP contribution in [0.2, 0.25) is 0 Å². The number of aryl methyl sites for hydroxylation is 1. The molecule has 0 heterocycles. The standard InChI is InChI=1S/C15H23NO4/c1-5-6-12(15(17)18)16-9-11-8-14(20-4)13(19-3)7-10(11)2/h7-8,12,16H,5-6,9H2,1-4H3,(H,17,18). The molecule has 0 aliphatic heterocycles. The third-order valence-electron chi connectivity index (χ3n) is 3.26. The lowest BCUT2D eigenvalue weighted by Gasteiger charge is -2.16. The average Bonchev–Trinajstić information content (AvgIpc) is 2.43. The predicted octanol–water partition coefficient (Wildman–Crippen LogP) is 2.36. The summed E-state index contributed by atoms with van der Waals surface area (Å²) in [5.41, 5.74) is 2.04. The van der Waals surface area contributed by atoms with E-state index in [4.69, 9.17) is 14.6 Å². The van der Waals surface area contributed by atoms with E-state index in [-0.39, 0.29) is 0 Å². The molecule has 0 aromatic heterocycles. The predicted molar refractivity (Wildman–Crippen MR) is 77.5 cm³/mol. The minimum Gasteiger partial charge on any atom is -0.493 e. The van der Waals surface area contributed by atoms with Crippen LogP contribution in [0.1, 0.15) is 30.9 Å². The van der Waals surface area contributed by atoms with E-state index in [0.717, 1.165) is 17.5 Å². The first kappa shape index (κ1) is 16.3. The molecule has 5 heteroatoms. The summed E-state index contributed by atoms with van der Waals surface area (Å²) in [7, 11) is 3.18. The number of nitrogens with one attached hydrogen (secondary N) is 1. The van der Waals surface area contributed by atoms with Gasteiger partial charge in [0.1, 0.15) is 6.04 Å². The first-order chi connectivity index (χ1) is 9.53. The Kier molecular flexibility index (Phi) is 6.31. The molecule has 1 atom stereocenters. The maximum atomic E-state index is 11.1. The lowest BCUT2D eigenvalue weighted by atomic mass is 10.1. The first-order valence-electron chi connectivity index (χ1n) is 6.71. The molecule has 1 aromatic rings. The van der Waals surface area contributed by atoms with Gasteiger partial charge in [0.15, 0.2) is 11.5 Å². The normalized spacial score (nSPS) is 12.0. The van der Waals surface area contributed by atoms with Gasteiger partial charge in [-0.15, -0.1) is 0 Å². The Morgan fingerprint density at radius 1 is 1.30 bits per heavy atom. The van der Waals surface area contributed by atoms with Crippen LogP contribution >= 0.6 is 0 Å². The van der Waals surface area contributed by atoms with Crippen LogP contribution in [-0.4, -0.2) is 31.3 Å². The Balaban J connectivity index is 2.84. The van der Waals surface area contributed by atoms with E-state index >= 15 is 0 Å². The monoisotopic (exact) mass is 281 g/mol. The second-order valence-electron chi connectivity index (χ2n) is 4.69. The number of hydrogen-bond donors (Lipinski definition) is 2. The maximum Gasteiger partial charge on any atom is 0.320 e. The van der Waals surface area contributed by atoms with E-state index in [2.05, 4.69) is 5.32 Å². The molecule has 0 aliphatic carbocycles. The van der Waals surface area contributed by atoms with Gasteiger partial charge in [-0.25, -0.2) is 0 Å². The van der Waals surface area contributed by atoms with Crippen LogP contribution in [0.15, 0.2) is 12.1 Å². The van der Waals surface area contributed by atoms with E-state index < -0.39 is 12.0 Å². The van der Waals surface area contributed by atoms with Gasteiger partial charge in [0, 0.05) is 6.54 Å². The number of rotatable bonds is 8. The zero-order valence-corrected chi connectivity index (χ0v) is 12.5.